The number of anilines is 1. The first-order valence-electron chi connectivity index (χ1n) is 11.5. The summed E-state index contributed by atoms with van der Waals surface area (Å²) in [5.41, 5.74) is 4.30. The summed E-state index contributed by atoms with van der Waals surface area (Å²) in [6.07, 6.45) is 6.90. The van der Waals surface area contributed by atoms with Crippen LogP contribution in [-0.2, 0) is 11.3 Å². The largest absolute Gasteiger partial charge is 0.381 e. The number of amides is 1. The summed E-state index contributed by atoms with van der Waals surface area (Å²) in [5, 5.41) is 12.1. The molecule has 0 bridgehead atoms. The van der Waals surface area contributed by atoms with Gasteiger partial charge in [-0.3, -0.25) is 9.59 Å². The van der Waals surface area contributed by atoms with Crippen LogP contribution in [0.3, 0.4) is 0 Å². The van der Waals surface area contributed by atoms with Gasteiger partial charge >= 0.3 is 0 Å². The van der Waals surface area contributed by atoms with Gasteiger partial charge in [0.05, 0.1) is 28.9 Å². The molecule has 1 fully saturated rings. The van der Waals surface area contributed by atoms with Crippen molar-refractivity contribution in [2.75, 3.05) is 5.32 Å². The van der Waals surface area contributed by atoms with Gasteiger partial charge < -0.3 is 10.6 Å². The number of rotatable bonds is 7. The van der Waals surface area contributed by atoms with Crippen LogP contribution < -0.4 is 10.6 Å². The number of Topliss-reactive ketones (excluding diaryl/α,β-unsaturated/α-hetero) is 1. The van der Waals surface area contributed by atoms with Gasteiger partial charge in [-0.15, -0.1) is 0 Å². The van der Waals surface area contributed by atoms with E-state index in [0.717, 1.165) is 47.1 Å². The van der Waals surface area contributed by atoms with E-state index in [0.29, 0.717) is 30.7 Å². The third-order valence-corrected chi connectivity index (χ3v) is 6.38. The molecule has 0 aliphatic heterocycles. The highest BCUT2D eigenvalue weighted by atomic mass is 16.1. The third kappa shape index (κ3) is 4.38. The van der Waals surface area contributed by atoms with Crippen molar-refractivity contribution in [3.63, 3.8) is 0 Å². The molecule has 2 aromatic heterocycles. The van der Waals surface area contributed by atoms with E-state index in [2.05, 4.69) is 46.7 Å². The minimum absolute atomic E-state index is 0.0853. The molecule has 1 amide bonds. The number of nitrogens with one attached hydrogen (secondary N) is 2. The second kappa shape index (κ2) is 9.51. The highest BCUT2D eigenvalue weighted by molar-refractivity contribution is 6.06. The molecule has 1 aliphatic rings. The lowest BCUT2D eigenvalue weighted by Crippen LogP contribution is -2.31. The summed E-state index contributed by atoms with van der Waals surface area (Å²) in [6.45, 7) is 6.85. The average molecular weight is 434 g/mol. The molecule has 2 N–H and O–H groups in total. The fourth-order valence-corrected chi connectivity index (χ4v) is 4.49. The lowest BCUT2D eigenvalue weighted by atomic mass is 9.93. The number of benzene rings is 1. The van der Waals surface area contributed by atoms with E-state index < -0.39 is 0 Å². The van der Waals surface area contributed by atoms with Gasteiger partial charge in [-0.25, -0.2) is 9.67 Å². The normalized spacial score (nSPS) is 15.7. The zero-order valence-electron chi connectivity index (χ0n) is 19.0. The quantitative estimate of drug-likeness (QED) is 0.570. The van der Waals surface area contributed by atoms with Crippen molar-refractivity contribution in [1.82, 2.24) is 20.1 Å². The van der Waals surface area contributed by atoms with Crippen molar-refractivity contribution < 1.29 is 9.59 Å². The maximum absolute atomic E-state index is 13.5. The van der Waals surface area contributed by atoms with E-state index >= 15 is 0 Å². The van der Waals surface area contributed by atoms with Gasteiger partial charge in [0.25, 0.3) is 5.91 Å². The number of aromatic nitrogens is 3. The van der Waals surface area contributed by atoms with Crippen LogP contribution in [0.15, 0.2) is 36.7 Å². The predicted molar refractivity (Wildman–Crippen MR) is 126 cm³/mol. The number of pyridine rings is 1. The van der Waals surface area contributed by atoms with Crippen molar-refractivity contribution in [3.8, 4) is 0 Å². The predicted octanol–water partition coefficient (Wildman–Crippen LogP) is 4.56. The Bertz CT molecular complexity index is 1130. The topological polar surface area (TPSA) is 88.9 Å². The zero-order valence-corrected chi connectivity index (χ0v) is 19.0. The lowest BCUT2D eigenvalue weighted by Gasteiger charge is -2.25. The Morgan fingerprint density at radius 2 is 1.94 bits per heavy atom. The van der Waals surface area contributed by atoms with Gasteiger partial charge in [-0.1, -0.05) is 31.2 Å². The zero-order chi connectivity index (χ0) is 22.7. The molecule has 0 spiro atoms. The first kappa shape index (κ1) is 22.0. The molecule has 0 radical (unpaired) electrons. The van der Waals surface area contributed by atoms with Gasteiger partial charge in [0.15, 0.2) is 5.65 Å². The van der Waals surface area contributed by atoms with Crippen molar-refractivity contribution in [2.24, 2.45) is 0 Å². The monoisotopic (exact) mass is 433 g/mol. The number of nitrogens with zero attached hydrogens (tertiary/aromatic N) is 3. The molecule has 7 nitrogen and oxygen atoms in total. The van der Waals surface area contributed by atoms with E-state index in [1.165, 1.54) is 0 Å². The maximum atomic E-state index is 13.5. The van der Waals surface area contributed by atoms with Crippen LogP contribution >= 0.6 is 0 Å². The molecule has 1 saturated carbocycles. The number of ketones is 1. The number of carbonyl (C=O) groups excluding carboxylic acids is 2. The molecule has 1 atom stereocenters. The molecule has 1 aromatic carbocycles. The second-order valence-electron chi connectivity index (χ2n) is 8.49. The molecular formula is C25H31N5O2. The minimum atomic E-state index is -0.159. The van der Waals surface area contributed by atoms with Gasteiger partial charge in [0.1, 0.15) is 5.78 Å². The van der Waals surface area contributed by atoms with Crippen molar-refractivity contribution >= 4 is 28.4 Å². The Hall–Kier alpha value is -3.22. The molecule has 1 unspecified atom stereocenters. The smallest absolute Gasteiger partial charge is 0.255 e. The number of aryl methyl sites for hydroxylation is 2. The Morgan fingerprint density at radius 1 is 1.19 bits per heavy atom. The van der Waals surface area contributed by atoms with Crippen LogP contribution in [0.2, 0.25) is 0 Å². The molecule has 4 rings (SSSR count). The highest BCUT2D eigenvalue weighted by Crippen LogP contribution is 2.30. The second-order valence-corrected chi connectivity index (χ2v) is 8.49. The Labute approximate surface area is 188 Å². The standard InChI is InChI=1S/C25H31N5O2/c1-4-22(19-9-7-6-8-16(19)3)29-25(32)21-14-26-24-20(15-27-30(24)5-2)23(21)28-17-10-12-18(31)13-11-17/h6-9,14-15,17,22H,4-5,10-13H2,1-3H3,(H,26,28)(H,29,32). The summed E-state index contributed by atoms with van der Waals surface area (Å²) < 4.78 is 1.83. The average Bonchev–Trinajstić information content (AvgIpc) is 3.23. The SMILES string of the molecule is CCC(NC(=O)c1cnc2c(cnn2CC)c1NC1CCC(=O)CC1)c1ccccc1C. The number of carbonyl (C=O) groups is 2. The van der Waals surface area contributed by atoms with E-state index in [4.69, 9.17) is 0 Å². The van der Waals surface area contributed by atoms with Gasteiger partial charge in [0, 0.05) is 31.6 Å². The van der Waals surface area contributed by atoms with E-state index in [1.807, 2.05) is 23.7 Å². The maximum Gasteiger partial charge on any atom is 0.255 e. The lowest BCUT2D eigenvalue weighted by molar-refractivity contribution is -0.120. The van der Waals surface area contributed by atoms with Gasteiger partial charge in [-0.05, 0) is 44.2 Å². The van der Waals surface area contributed by atoms with Crippen LogP contribution in [0.25, 0.3) is 11.0 Å². The molecular weight excluding hydrogens is 402 g/mol. The summed E-state index contributed by atoms with van der Waals surface area (Å²) in [4.78, 5) is 29.7. The minimum Gasteiger partial charge on any atom is -0.381 e. The van der Waals surface area contributed by atoms with E-state index in [-0.39, 0.29) is 18.0 Å². The summed E-state index contributed by atoms with van der Waals surface area (Å²) in [7, 11) is 0. The third-order valence-electron chi connectivity index (χ3n) is 6.38. The van der Waals surface area contributed by atoms with Crippen molar-refractivity contribution in [3.05, 3.63) is 53.3 Å². The fraction of sp³-hybridized carbons (Fsp3) is 0.440. The highest BCUT2D eigenvalue weighted by Gasteiger charge is 2.25. The Balaban J connectivity index is 1.68. The summed E-state index contributed by atoms with van der Waals surface area (Å²) in [5.74, 6) is 0.150. The molecule has 168 valence electrons. The fourth-order valence-electron chi connectivity index (χ4n) is 4.49. The van der Waals surface area contributed by atoms with Crippen LogP contribution in [-0.4, -0.2) is 32.5 Å². The van der Waals surface area contributed by atoms with Crippen LogP contribution in [0.5, 0.6) is 0 Å². The molecule has 32 heavy (non-hydrogen) atoms. The van der Waals surface area contributed by atoms with Gasteiger partial charge in [-0.2, -0.15) is 5.10 Å². The number of hydrogen-bond acceptors (Lipinski definition) is 5. The van der Waals surface area contributed by atoms with Crippen LogP contribution in [0.4, 0.5) is 5.69 Å². The summed E-state index contributed by atoms with van der Waals surface area (Å²) >= 11 is 0. The first-order chi connectivity index (χ1) is 15.5. The molecule has 1 aliphatic carbocycles. The van der Waals surface area contributed by atoms with Crippen molar-refractivity contribution in [1.29, 1.82) is 0 Å². The molecule has 7 heteroatoms. The van der Waals surface area contributed by atoms with E-state index in [1.54, 1.807) is 12.4 Å². The Kier molecular flexibility index (Phi) is 6.53. The van der Waals surface area contributed by atoms with Crippen LogP contribution in [0.1, 0.15) is 73.5 Å². The molecule has 3 aromatic rings. The first-order valence-corrected chi connectivity index (χ1v) is 11.5. The molecule has 0 saturated heterocycles. The Morgan fingerprint density at radius 3 is 2.62 bits per heavy atom. The van der Waals surface area contributed by atoms with Crippen LogP contribution in [0, 0.1) is 6.92 Å². The van der Waals surface area contributed by atoms with E-state index in [9.17, 15) is 9.59 Å². The summed E-state index contributed by atoms with van der Waals surface area (Å²) in [6, 6.07) is 8.20. The number of fused-ring (bicyclic) bond motifs is 1. The molecule has 2 heterocycles. The number of hydrogen-bond donors (Lipinski definition) is 2. The van der Waals surface area contributed by atoms with Gasteiger partial charge in [0.2, 0.25) is 0 Å². The van der Waals surface area contributed by atoms with Crippen molar-refractivity contribution in [2.45, 2.75) is 71.5 Å².